The predicted molar refractivity (Wildman–Crippen MR) is 81.7 cm³/mol. The first-order valence-electron chi connectivity index (χ1n) is 7.12. The molecule has 0 spiro atoms. The molecular formula is C16H25FN2O2. The largest absolute Gasteiger partial charge is 0.444 e. The molecule has 1 amide bonds. The first-order chi connectivity index (χ1) is 9.67. The van der Waals surface area contributed by atoms with E-state index in [-0.39, 0.29) is 11.9 Å². The zero-order valence-corrected chi connectivity index (χ0v) is 13.4. The van der Waals surface area contributed by atoms with E-state index in [9.17, 15) is 9.18 Å². The third kappa shape index (κ3) is 7.09. The van der Waals surface area contributed by atoms with Crippen LogP contribution in [0, 0.1) is 12.7 Å². The Labute approximate surface area is 126 Å². The number of nitrogens with one attached hydrogen (secondary N) is 2. The standard InChI is InChI=1S/C16H25FN2O2/c1-11-8-13(6-7-14(11)17)10-18-9-12(2)19-15(20)21-16(3,4)5/h6-8,12,18H,9-10H2,1-5H3,(H,19,20). The molecule has 0 aliphatic carbocycles. The van der Waals surface area contributed by atoms with E-state index in [1.165, 1.54) is 6.07 Å². The molecule has 0 aromatic heterocycles. The molecule has 118 valence electrons. The topological polar surface area (TPSA) is 50.4 Å². The fraction of sp³-hybridized carbons (Fsp3) is 0.562. The summed E-state index contributed by atoms with van der Waals surface area (Å²) < 4.78 is 18.3. The van der Waals surface area contributed by atoms with Crippen molar-refractivity contribution >= 4 is 6.09 Å². The summed E-state index contributed by atoms with van der Waals surface area (Å²) >= 11 is 0. The van der Waals surface area contributed by atoms with Gasteiger partial charge in [-0.05, 0) is 51.8 Å². The van der Waals surface area contributed by atoms with E-state index in [4.69, 9.17) is 4.74 Å². The van der Waals surface area contributed by atoms with Crippen molar-refractivity contribution in [3.05, 3.63) is 35.1 Å². The highest BCUT2D eigenvalue weighted by molar-refractivity contribution is 5.68. The van der Waals surface area contributed by atoms with Crippen LogP contribution in [0.3, 0.4) is 0 Å². The SMILES string of the molecule is Cc1cc(CNCC(C)NC(=O)OC(C)(C)C)ccc1F. The lowest BCUT2D eigenvalue weighted by molar-refractivity contribution is 0.0508. The maximum absolute atomic E-state index is 13.1. The highest BCUT2D eigenvalue weighted by atomic mass is 19.1. The lowest BCUT2D eigenvalue weighted by Crippen LogP contribution is -2.42. The van der Waals surface area contributed by atoms with Crippen LogP contribution in [0.15, 0.2) is 18.2 Å². The molecule has 0 bridgehead atoms. The molecule has 1 rings (SSSR count). The second kappa shape index (κ2) is 7.41. The Morgan fingerprint density at radius 3 is 2.62 bits per heavy atom. The number of benzene rings is 1. The predicted octanol–water partition coefficient (Wildman–Crippen LogP) is 3.14. The van der Waals surface area contributed by atoms with Gasteiger partial charge in [0.05, 0.1) is 0 Å². The molecule has 0 fully saturated rings. The summed E-state index contributed by atoms with van der Waals surface area (Å²) in [7, 11) is 0. The molecule has 0 aliphatic heterocycles. The summed E-state index contributed by atoms with van der Waals surface area (Å²) in [5.74, 6) is -0.196. The molecule has 0 radical (unpaired) electrons. The Balaban J connectivity index is 2.31. The molecule has 0 aliphatic rings. The zero-order chi connectivity index (χ0) is 16.0. The van der Waals surface area contributed by atoms with Crippen LogP contribution in [-0.2, 0) is 11.3 Å². The van der Waals surface area contributed by atoms with Gasteiger partial charge in [-0.3, -0.25) is 0 Å². The third-order valence-corrected chi connectivity index (χ3v) is 2.77. The van der Waals surface area contributed by atoms with Crippen molar-refractivity contribution in [1.82, 2.24) is 10.6 Å². The highest BCUT2D eigenvalue weighted by Crippen LogP contribution is 2.09. The number of carbonyl (C=O) groups is 1. The highest BCUT2D eigenvalue weighted by Gasteiger charge is 2.17. The van der Waals surface area contributed by atoms with E-state index in [1.807, 2.05) is 33.8 Å². The van der Waals surface area contributed by atoms with Crippen LogP contribution in [0.5, 0.6) is 0 Å². The second-order valence-electron chi connectivity index (χ2n) is 6.26. The number of aryl methyl sites for hydroxylation is 1. The van der Waals surface area contributed by atoms with Gasteiger partial charge >= 0.3 is 6.09 Å². The molecule has 1 aromatic rings. The van der Waals surface area contributed by atoms with Gasteiger partial charge in [-0.2, -0.15) is 0 Å². The fourth-order valence-electron chi connectivity index (χ4n) is 1.81. The number of ether oxygens (including phenoxy) is 1. The average molecular weight is 296 g/mol. The van der Waals surface area contributed by atoms with Crippen molar-refractivity contribution in [2.75, 3.05) is 6.54 Å². The number of hydrogen-bond donors (Lipinski definition) is 2. The van der Waals surface area contributed by atoms with E-state index >= 15 is 0 Å². The molecular weight excluding hydrogens is 271 g/mol. The zero-order valence-electron chi connectivity index (χ0n) is 13.4. The van der Waals surface area contributed by atoms with E-state index < -0.39 is 11.7 Å². The van der Waals surface area contributed by atoms with Gasteiger partial charge < -0.3 is 15.4 Å². The molecule has 2 N–H and O–H groups in total. The van der Waals surface area contributed by atoms with E-state index in [0.717, 1.165) is 5.56 Å². The van der Waals surface area contributed by atoms with Gasteiger partial charge in [-0.1, -0.05) is 12.1 Å². The maximum Gasteiger partial charge on any atom is 0.407 e. The minimum atomic E-state index is -0.497. The quantitative estimate of drug-likeness (QED) is 0.877. The number of amides is 1. The van der Waals surface area contributed by atoms with Gasteiger partial charge in [0.2, 0.25) is 0 Å². The Morgan fingerprint density at radius 1 is 1.38 bits per heavy atom. The van der Waals surface area contributed by atoms with Crippen LogP contribution in [0.4, 0.5) is 9.18 Å². The monoisotopic (exact) mass is 296 g/mol. The Kier molecular flexibility index (Phi) is 6.15. The molecule has 4 nitrogen and oxygen atoms in total. The molecule has 21 heavy (non-hydrogen) atoms. The fourth-order valence-corrected chi connectivity index (χ4v) is 1.81. The van der Waals surface area contributed by atoms with Gasteiger partial charge in [-0.25, -0.2) is 9.18 Å². The molecule has 0 saturated carbocycles. The van der Waals surface area contributed by atoms with Gasteiger partial charge in [0.25, 0.3) is 0 Å². The van der Waals surface area contributed by atoms with E-state index in [0.29, 0.717) is 18.7 Å². The second-order valence-corrected chi connectivity index (χ2v) is 6.26. The lowest BCUT2D eigenvalue weighted by atomic mass is 10.1. The van der Waals surface area contributed by atoms with Crippen LogP contribution < -0.4 is 10.6 Å². The summed E-state index contributed by atoms with van der Waals surface area (Å²) in [6, 6.07) is 4.98. The van der Waals surface area contributed by atoms with Crippen LogP contribution in [0.25, 0.3) is 0 Å². The Morgan fingerprint density at radius 2 is 2.05 bits per heavy atom. The van der Waals surface area contributed by atoms with Gasteiger partial charge in [0.1, 0.15) is 11.4 Å². The Hall–Kier alpha value is -1.62. The molecule has 1 aromatic carbocycles. The average Bonchev–Trinajstić information content (AvgIpc) is 2.31. The van der Waals surface area contributed by atoms with Crippen molar-refractivity contribution in [1.29, 1.82) is 0 Å². The minimum absolute atomic E-state index is 0.0543. The molecule has 1 atom stereocenters. The Bertz CT molecular complexity index is 484. The normalized spacial score (nSPS) is 12.9. The van der Waals surface area contributed by atoms with Gasteiger partial charge in [0, 0.05) is 19.1 Å². The van der Waals surface area contributed by atoms with Gasteiger partial charge in [0.15, 0.2) is 0 Å². The van der Waals surface area contributed by atoms with Crippen molar-refractivity contribution in [2.45, 2.75) is 52.8 Å². The smallest absolute Gasteiger partial charge is 0.407 e. The first-order valence-corrected chi connectivity index (χ1v) is 7.12. The summed E-state index contributed by atoms with van der Waals surface area (Å²) in [4.78, 5) is 11.6. The first kappa shape index (κ1) is 17.4. The molecule has 1 unspecified atom stereocenters. The minimum Gasteiger partial charge on any atom is -0.444 e. The van der Waals surface area contributed by atoms with Crippen LogP contribution >= 0.6 is 0 Å². The van der Waals surface area contributed by atoms with E-state index in [1.54, 1.807) is 13.0 Å². The maximum atomic E-state index is 13.1. The van der Waals surface area contributed by atoms with Gasteiger partial charge in [-0.15, -0.1) is 0 Å². The van der Waals surface area contributed by atoms with Crippen LogP contribution in [-0.4, -0.2) is 24.3 Å². The molecule has 0 heterocycles. The summed E-state index contributed by atoms with van der Waals surface area (Å²) in [5, 5.41) is 5.98. The van der Waals surface area contributed by atoms with Crippen molar-refractivity contribution < 1.29 is 13.9 Å². The summed E-state index contributed by atoms with van der Waals surface area (Å²) in [5.41, 5.74) is 1.15. The number of carbonyl (C=O) groups excluding carboxylic acids is 1. The van der Waals surface area contributed by atoms with E-state index in [2.05, 4.69) is 10.6 Å². The number of halogens is 1. The lowest BCUT2D eigenvalue weighted by Gasteiger charge is -2.22. The van der Waals surface area contributed by atoms with Crippen LogP contribution in [0.1, 0.15) is 38.8 Å². The summed E-state index contributed by atoms with van der Waals surface area (Å²) in [6.45, 7) is 10.3. The summed E-state index contributed by atoms with van der Waals surface area (Å²) in [6.07, 6.45) is -0.422. The van der Waals surface area contributed by atoms with Crippen molar-refractivity contribution in [2.24, 2.45) is 0 Å². The van der Waals surface area contributed by atoms with Crippen molar-refractivity contribution in [3.63, 3.8) is 0 Å². The third-order valence-electron chi connectivity index (χ3n) is 2.77. The molecule has 5 heteroatoms. The number of alkyl carbamates (subject to hydrolysis) is 1. The molecule has 0 saturated heterocycles. The number of rotatable bonds is 5. The van der Waals surface area contributed by atoms with Crippen LogP contribution in [0.2, 0.25) is 0 Å². The van der Waals surface area contributed by atoms with Crippen molar-refractivity contribution in [3.8, 4) is 0 Å². The number of hydrogen-bond acceptors (Lipinski definition) is 3.